The van der Waals surface area contributed by atoms with Gasteiger partial charge in [0.2, 0.25) is 5.91 Å². The molecule has 1 unspecified atom stereocenters. The van der Waals surface area contributed by atoms with Gasteiger partial charge in [0.1, 0.15) is 0 Å². The lowest BCUT2D eigenvalue weighted by Gasteiger charge is -2.26. The lowest BCUT2D eigenvalue weighted by Crippen LogP contribution is -2.35. The average Bonchev–Trinajstić information content (AvgIpc) is 3.08. The van der Waals surface area contributed by atoms with Crippen molar-refractivity contribution >= 4 is 29.1 Å². The molecule has 1 aliphatic rings. The molecule has 1 saturated heterocycles. The van der Waals surface area contributed by atoms with Crippen molar-refractivity contribution in [2.75, 3.05) is 32.1 Å². The number of amides is 2. The Labute approximate surface area is 164 Å². The van der Waals surface area contributed by atoms with Crippen LogP contribution in [0.4, 0.5) is 5.69 Å². The van der Waals surface area contributed by atoms with Gasteiger partial charge in [-0.15, -0.1) is 0 Å². The second-order valence-corrected chi connectivity index (χ2v) is 7.35. The lowest BCUT2D eigenvalue weighted by molar-refractivity contribution is -0.117. The van der Waals surface area contributed by atoms with E-state index in [9.17, 15) is 9.59 Å². The number of hydrogen-bond donors (Lipinski definition) is 1. The van der Waals surface area contributed by atoms with Crippen LogP contribution in [-0.4, -0.2) is 43.9 Å². The van der Waals surface area contributed by atoms with Crippen LogP contribution in [0.25, 0.3) is 0 Å². The quantitative estimate of drug-likeness (QED) is 0.828. The third kappa shape index (κ3) is 4.49. The van der Waals surface area contributed by atoms with E-state index in [0.29, 0.717) is 35.8 Å². The first-order valence-corrected chi connectivity index (χ1v) is 9.44. The molecule has 0 spiro atoms. The predicted octanol–water partition coefficient (Wildman–Crippen LogP) is 3.50. The average molecular weight is 386 g/mol. The number of halogens is 1. The Hall–Kier alpha value is -2.37. The smallest absolute Gasteiger partial charge is 0.253 e. The highest BCUT2D eigenvalue weighted by Gasteiger charge is 2.26. The molecule has 27 heavy (non-hydrogen) atoms. The van der Waals surface area contributed by atoms with Gasteiger partial charge in [-0.1, -0.05) is 41.9 Å². The van der Waals surface area contributed by atoms with Crippen LogP contribution in [0.3, 0.4) is 0 Å². The van der Waals surface area contributed by atoms with Gasteiger partial charge in [-0.25, -0.2) is 0 Å². The van der Waals surface area contributed by atoms with Crippen molar-refractivity contribution in [1.29, 1.82) is 0 Å². The van der Waals surface area contributed by atoms with Crippen molar-refractivity contribution in [3.63, 3.8) is 0 Å². The topological polar surface area (TPSA) is 52.7 Å². The van der Waals surface area contributed by atoms with Gasteiger partial charge in [0.25, 0.3) is 5.91 Å². The third-order valence-corrected chi connectivity index (χ3v) is 5.07. The molecule has 2 amide bonds. The van der Waals surface area contributed by atoms with E-state index in [2.05, 4.69) is 10.2 Å². The van der Waals surface area contributed by atoms with Crippen molar-refractivity contribution in [2.24, 2.45) is 0 Å². The summed E-state index contributed by atoms with van der Waals surface area (Å²) >= 11 is 6.12. The van der Waals surface area contributed by atoms with Crippen molar-refractivity contribution in [3.05, 3.63) is 64.7 Å². The van der Waals surface area contributed by atoms with Gasteiger partial charge >= 0.3 is 0 Å². The molecule has 0 radical (unpaired) electrons. The molecule has 142 valence electrons. The number of rotatable bonds is 6. The normalized spacial score (nSPS) is 15.3. The van der Waals surface area contributed by atoms with Gasteiger partial charge in [-0.05, 0) is 44.3 Å². The highest BCUT2D eigenvalue weighted by molar-refractivity contribution is 6.31. The van der Waals surface area contributed by atoms with Gasteiger partial charge in [0.15, 0.2) is 0 Å². The summed E-state index contributed by atoms with van der Waals surface area (Å²) in [5, 5.41) is 3.53. The second-order valence-electron chi connectivity index (χ2n) is 6.91. The Kier molecular flexibility index (Phi) is 6.14. The van der Waals surface area contributed by atoms with Crippen LogP contribution in [0.15, 0.2) is 48.5 Å². The fraction of sp³-hybridized carbons (Fsp3) is 0.333. The van der Waals surface area contributed by atoms with Crippen LogP contribution in [-0.2, 0) is 4.79 Å². The number of benzene rings is 2. The van der Waals surface area contributed by atoms with Crippen LogP contribution in [0.1, 0.15) is 34.8 Å². The number of nitrogens with zero attached hydrogens (tertiary/aromatic N) is 2. The Balaban J connectivity index is 1.79. The summed E-state index contributed by atoms with van der Waals surface area (Å²) in [4.78, 5) is 28.8. The zero-order chi connectivity index (χ0) is 19.4. The standard InChI is InChI=1S/C21H24ClN3O2/c1-24(2)19(15-7-4-3-5-8-15)14-23-21(27)17-11-10-16(22)13-18(17)25-12-6-9-20(25)26/h3-5,7-8,10-11,13,19H,6,9,12,14H2,1-2H3,(H,23,27). The van der Waals surface area contributed by atoms with Gasteiger partial charge in [-0.3, -0.25) is 9.59 Å². The SMILES string of the molecule is CN(C)C(CNC(=O)c1ccc(Cl)cc1N1CCCC1=O)c1ccccc1. The van der Waals surface area contributed by atoms with E-state index in [1.54, 1.807) is 23.1 Å². The van der Waals surface area contributed by atoms with Gasteiger partial charge in [0, 0.05) is 24.5 Å². The Morgan fingerprint density at radius 1 is 1.22 bits per heavy atom. The van der Waals surface area contributed by atoms with E-state index in [1.165, 1.54) is 0 Å². The van der Waals surface area contributed by atoms with Gasteiger partial charge < -0.3 is 15.1 Å². The minimum atomic E-state index is -0.204. The Morgan fingerprint density at radius 2 is 1.96 bits per heavy atom. The van der Waals surface area contributed by atoms with Crippen molar-refractivity contribution in [1.82, 2.24) is 10.2 Å². The molecule has 2 aromatic carbocycles. The number of hydrogen-bond acceptors (Lipinski definition) is 3. The zero-order valence-electron chi connectivity index (χ0n) is 15.6. The summed E-state index contributed by atoms with van der Waals surface area (Å²) in [7, 11) is 3.97. The van der Waals surface area contributed by atoms with E-state index in [1.807, 2.05) is 44.4 Å². The van der Waals surface area contributed by atoms with Crippen molar-refractivity contribution in [3.8, 4) is 0 Å². The Morgan fingerprint density at radius 3 is 2.59 bits per heavy atom. The van der Waals surface area contributed by atoms with E-state index >= 15 is 0 Å². The van der Waals surface area contributed by atoms with E-state index in [0.717, 1.165) is 12.0 Å². The lowest BCUT2D eigenvalue weighted by atomic mass is 10.1. The molecule has 1 atom stereocenters. The Bertz CT molecular complexity index is 823. The van der Waals surface area contributed by atoms with Crippen LogP contribution in [0.5, 0.6) is 0 Å². The van der Waals surface area contributed by atoms with Crippen molar-refractivity contribution in [2.45, 2.75) is 18.9 Å². The summed E-state index contributed by atoms with van der Waals surface area (Å²) in [5.74, 6) is -0.175. The first-order valence-electron chi connectivity index (χ1n) is 9.07. The molecule has 0 aromatic heterocycles. The minimum absolute atomic E-state index is 0.0294. The van der Waals surface area contributed by atoms with Gasteiger partial charge in [0.05, 0.1) is 17.3 Å². The second kappa shape index (κ2) is 8.55. The molecule has 5 nitrogen and oxygen atoms in total. The van der Waals surface area contributed by atoms with E-state index in [-0.39, 0.29) is 17.9 Å². The largest absolute Gasteiger partial charge is 0.350 e. The van der Waals surface area contributed by atoms with Crippen LogP contribution in [0, 0.1) is 0 Å². The van der Waals surface area contributed by atoms with Crippen LogP contribution in [0.2, 0.25) is 5.02 Å². The fourth-order valence-electron chi connectivity index (χ4n) is 3.38. The number of carbonyl (C=O) groups is 2. The zero-order valence-corrected chi connectivity index (χ0v) is 16.4. The van der Waals surface area contributed by atoms with Crippen LogP contribution >= 0.6 is 11.6 Å². The maximum Gasteiger partial charge on any atom is 0.253 e. The van der Waals surface area contributed by atoms with Crippen molar-refractivity contribution < 1.29 is 9.59 Å². The molecular weight excluding hydrogens is 362 g/mol. The first-order chi connectivity index (χ1) is 13.0. The molecule has 0 aliphatic carbocycles. The maximum absolute atomic E-state index is 12.9. The molecule has 0 bridgehead atoms. The summed E-state index contributed by atoms with van der Waals surface area (Å²) in [6, 6.07) is 15.2. The highest BCUT2D eigenvalue weighted by Crippen LogP contribution is 2.29. The number of nitrogens with one attached hydrogen (secondary N) is 1. The van der Waals surface area contributed by atoms with E-state index < -0.39 is 0 Å². The third-order valence-electron chi connectivity index (χ3n) is 4.83. The van der Waals surface area contributed by atoms with Gasteiger partial charge in [-0.2, -0.15) is 0 Å². The molecule has 1 fully saturated rings. The molecule has 0 saturated carbocycles. The molecular formula is C21H24ClN3O2. The highest BCUT2D eigenvalue weighted by atomic mass is 35.5. The summed E-state index contributed by atoms with van der Waals surface area (Å²) < 4.78 is 0. The summed E-state index contributed by atoms with van der Waals surface area (Å²) in [6.07, 6.45) is 1.30. The predicted molar refractivity (Wildman–Crippen MR) is 108 cm³/mol. The fourth-order valence-corrected chi connectivity index (χ4v) is 3.55. The number of likely N-dealkylation sites (N-methyl/N-ethyl adjacent to an activating group) is 1. The van der Waals surface area contributed by atoms with Crippen LogP contribution < -0.4 is 10.2 Å². The minimum Gasteiger partial charge on any atom is -0.350 e. The summed E-state index contributed by atoms with van der Waals surface area (Å²) in [5.41, 5.74) is 2.19. The first kappa shape index (κ1) is 19.4. The molecule has 3 rings (SSSR count). The van der Waals surface area contributed by atoms with E-state index in [4.69, 9.17) is 11.6 Å². The molecule has 2 aromatic rings. The molecule has 6 heteroatoms. The monoisotopic (exact) mass is 385 g/mol. The summed E-state index contributed by atoms with van der Waals surface area (Å²) in [6.45, 7) is 1.08. The molecule has 1 heterocycles. The molecule has 1 N–H and O–H groups in total. The maximum atomic E-state index is 12.9. The number of anilines is 1. The molecule has 1 aliphatic heterocycles. The number of carbonyl (C=O) groups excluding carboxylic acids is 2.